The van der Waals surface area contributed by atoms with Crippen molar-refractivity contribution in [3.05, 3.63) is 28.2 Å². The summed E-state index contributed by atoms with van der Waals surface area (Å²) >= 11 is 0. The number of hydrazine groups is 1. The maximum atomic E-state index is 13.6. The lowest BCUT2D eigenvalue weighted by Gasteiger charge is -2.36. The molecule has 4 fully saturated rings. The van der Waals surface area contributed by atoms with Crippen molar-refractivity contribution in [1.82, 2.24) is 24.4 Å². The summed E-state index contributed by atoms with van der Waals surface area (Å²) in [6.07, 6.45) is 9.50. The smallest absolute Gasteiger partial charge is 0.259 e. The van der Waals surface area contributed by atoms with Gasteiger partial charge >= 0.3 is 0 Å². The molecule has 188 valence electrons. The molecule has 35 heavy (non-hydrogen) atoms. The summed E-state index contributed by atoms with van der Waals surface area (Å²) < 4.78 is 3.90. The summed E-state index contributed by atoms with van der Waals surface area (Å²) in [6, 6.07) is 2.87. The van der Waals surface area contributed by atoms with Crippen molar-refractivity contribution in [3.63, 3.8) is 0 Å². The zero-order valence-electron chi connectivity index (χ0n) is 20.4. The predicted molar refractivity (Wildman–Crippen MR) is 133 cm³/mol. The van der Waals surface area contributed by atoms with Gasteiger partial charge in [-0.3, -0.25) is 20.1 Å². The van der Waals surface area contributed by atoms with Crippen molar-refractivity contribution in [2.75, 3.05) is 36.5 Å². The molecular weight excluding hydrogens is 444 g/mol. The number of aromatic nitrogens is 3. The van der Waals surface area contributed by atoms with E-state index in [0.717, 1.165) is 35.3 Å². The minimum atomic E-state index is -0.898. The Kier molecular flexibility index (Phi) is 5.03. The van der Waals surface area contributed by atoms with E-state index in [2.05, 4.69) is 21.3 Å². The van der Waals surface area contributed by atoms with Crippen LogP contribution >= 0.6 is 0 Å². The molecular formula is C25H36N8O2. The van der Waals surface area contributed by atoms with Crippen LogP contribution in [0.25, 0.3) is 11.3 Å². The van der Waals surface area contributed by atoms with Crippen LogP contribution in [0, 0.1) is 11.8 Å². The molecule has 4 N–H and O–H groups in total. The maximum Gasteiger partial charge on any atom is 0.259 e. The number of rotatable bonds is 7. The minimum Gasteiger partial charge on any atom is -0.353 e. The van der Waals surface area contributed by atoms with E-state index in [-0.39, 0.29) is 11.6 Å². The molecule has 0 aromatic carbocycles. The van der Waals surface area contributed by atoms with Crippen LogP contribution < -0.4 is 21.6 Å². The molecule has 2 aromatic rings. The van der Waals surface area contributed by atoms with Gasteiger partial charge in [-0.25, -0.2) is 0 Å². The second-order valence-electron chi connectivity index (χ2n) is 11.3. The summed E-state index contributed by atoms with van der Waals surface area (Å²) in [5.41, 5.74) is 11.8. The van der Waals surface area contributed by atoms with Crippen molar-refractivity contribution in [1.29, 1.82) is 0 Å². The molecule has 2 aromatic heterocycles. The molecule has 10 heteroatoms. The zero-order valence-corrected chi connectivity index (χ0v) is 20.4. The molecule has 2 saturated heterocycles. The molecule has 1 unspecified atom stereocenters. The van der Waals surface area contributed by atoms with Gasteiger partial charge in [-0.15, -0.1) is 0 Å². The molecule has 5 heterocycles. The Morgan fingerprint density at radius 3 is 2.54 bits per heavy atom. The number of hydrogen-bond donors (Lipinski definition) is 3. The number of fused-ring (bicyclic) bond motifs is 1. The molecule has 0 spiro atoms. The maximum absolute atomic E-state index is 13.6. The van der Waals surface area contributed by atoms with Crippen LogP contribution in [0.15, 0.2) is 17.1 Å². The summed E-state index contributed by atoms with van der Waals surface area (Å²) in [5.74, 6) is 2.24. The van der Waals surface area contributed by atoms with Crippen LogP contribution in [0.2, 0.25) is 0 Å². The fourth-order valence-electron chi connectivity index (χ4n) is 6.53. The molecule has 0 amide bonds. The van der Waals surface area contributed by atoms with Gasteiger partial charge in [-0.05, 0) is 69.9 Å². The SMILES string of the molecule is Cn1nc(-c2cn(C(C3CC3)C3CC3)c(=O)c3c2NN(O)C3N)cc1N1CCC[C@H]1CN1CCC1. The topological polar surface area (TPSA) is 108 Å². The lowest BCUT2D eigenvalue weighted by Crippen LogP contribution is -2.46. The Morgan fingerprint density at radius 2 is 1.89 bits per heavy atom. The Labute approximate surface area is 205 Å². The molecule has 2 atom stereocenters. The highest BCUT2D eigenvalue weighted by molar-refractivity contribution is 5.80. The third-order valence-electron chi connectivity index (χ3n) is 8.81. The van der Waals surface area contributed by atoms with Gasteiger partial charge in [-0.1, -0.05) is 5.17 Å². The van der Waals surface area contributed by atoms with Gasteiger partial charge in [0.2, 0.25) is 0 Å². The average molecular weight is 481 g/mol. The largest absolute Gasteiger partial charge is 0.353 e. The van der Waals surface area contributed by atoms with Crippen LogP contribution in [0.1, 0.15) is 62.7 Å². The Balaban J connectivity index is 1.30. The highest BCUT2D eigenvalue weighted by Crippen LogP contribution is 2.52. The second-order valence-corrected chi connectivity index (χ2v) is 11.3. The van der Waals surface area contributed by atoms with Crippen LogP contribution in [0.5, 0.6) is 0 Å². The second kappa shape index (κ2) is 8.06. The van der Waals surface area contributed by atoms with Gasteiger partial charge in [0.05, 0.1) is 16.9 Å². The van der Waals surface area contributed by atoms with E-state index < -0.39 is 6.17 Å². The number of likely N-dealkylation sites (tertiary alicyclic amines) is 1. The molecule has 3 aliphatic heterocycles. The van der Waals surface area contributed by atoms with Gasteiger partial charge in [0, 0.05) is 50.0 Å². The van der Waals surface area contributed by atoms with Gasteiger partial charge in [0.15, 0.2) is 0 Å². The standard InChI is InChI=1S/C25H36N8O2/c1-29-20(31-11-2-4-17(31)13-30-9-3-10-30)12-19(27-29)18-14-32(23(15-5-6-15)16-7-8-16)25(34)21-22(18)28-33(35)24(21)26/h12,14-17,23-24,28,35H,2-11,13,26H2,1H3/t17-,24?/m0/s1. The Bertz CT molecular complexity index is 1180. The third-order valence-corrected chi connectivity index (χ3v) is 8.81. The Hall–Kier alpha value is -2.40. The molecule has 2 aliphatic carbocycles. The first kappa shape index (κ1) is 21.8. The van der Waals surface area contributed by atoms with Gasteiger partial charge in [0.1, 0.15) is 12.0 Å². The average Bonchev–Trinajstić information content (AvgIpc) is 3.72. The number of hydroxylamine groups is 1. The van der Waals surface area contributed by atoms with Gasteiger partial charge in [-0.2, -0.15) is 5.10 Å². The number of anilines is 2. The quantitative estimate of drug-likeness (QED) is 0.554. The lowest BCUT2D eigenvalue weighted by molar-refractivity contribution is -0.0945. The van der Waals surface area contributed by atoms with Crippen molar-refractivity contribution in [2.24, 2.45) is 24.6 Å². The van der Waals surface area contributed by atoms with Crippen molar-refractivity contribution in [2.45, 2.75) is 63.2 Å². The van der Waals surface area contributed by atoms with Gasteiger partial charge in [0.25, 0.3) is 5.56 Å². The van der Waals surface area contributed by atoms with E-state index in [9.17, 15) is 10.0 Å². The summed E-state index contributed by atoms with van der Waals surface area (Å²) in [7, 11) is 2.00. The number of aryl methyl sites for hydroxylation is 1. The molecule has 0 radical (unpaired) electrons. The normalized spacial score (nSPS) is 26.9. The van der Waals surface area contributed by atoms with E-state index in [1.165, 1.54) is 58.0 Å². The molecule has 5 aliphatic rings. The predicted octanol–water partition coefficient (Wildman–Crippen LogP) is 2.27. The summed E-state index contributed by atoms with van der Waals surface area (Å²) in [4.78, 5) is 18.7. The number of nitrogens with zero attached hydrogens (tertiary/aromatic N) is 6. The van der Waals surface area contributed by atoms with Crippen LogP contribution in [-0.2, 0) is 7.05 Å². The van der Waals surface area contributed by atoms with Crippen LogP contribution in [0.3, 0.4) is 0 Å². The molecule has 2 saturated carbocycles. The van der Waals surface area contributed by atoms with Crippen LogP contribution in [-0.4, -0.2) is 61.8 Å². The Morgan fingerprint density at radius 1 is 1.14 bits per heavy atom. The first-order valence-electron chi connectivity index (χ1n) is 13.3. The van der Waals surface area contributed by atoms with Crippen LogP contribution in [0.4, 0.5) is 11.5 Å². The highest BCUT2D eigenvalue weighted by Gasteiger charge is 2.45. The molecule has 10 nitrogen and oxygen atoms in total. The number of nitrogens with two attached hydrogens (primary N) is 1. The number of nitrogens with one attached hydrogen (secondary N) is 1. The first-order valence-corrected chi connectivity index (χ1v) is 13.3. The van der Waals surface area contributed by atoms with E-state index in [1.807, 2.05) is 22.5 Å². The van der Waals surface area contributed by atoms with E-state index in [0.29, 0.717) is 29.1 Å². The fourth-order valence-corrected chi connectivity index (χ4v) is 6.53. The van der Waals surface area contributed by atoms with E-state index in [1.54, 1.807) is 0 Å². The first-order chi connectivity index (χ1) is 17.0. The minimum absolute atomic E-state index is 0.0885. The van der Waals surface area contributed by atoms with E-state index >= 15 is 0 Å². The van der Waals surface area contributed by atoms with Crippen molar-refractivity contribution in [3.8, 4) is 11.3 Å². The third kappa shape index (κ3) is 3.61. The molecule has 7 rings (SSSR count). The van der Waals surface area contributed by atoms with Crippen molar-refractivity contribution < 1.29 is 5.21 Å². The molecule has 0 bridgehead atoms. The zero-order chi connectivity index (χ0) is 23.8. The highest BCUT2D eigenvalue weighted by atomic mass is 16.5. The monoisotopic (exact) mass is 480 g/mol. The number of hydrogen-bond acceptors (Lipinski definition) is 8. The lowest BCUT2D eigenvalue weighted by atomic mass is 10.0. The fraction of sp³-hybridized carbons (Fsp3) is 0.680. The summed E-state index contributed by atoms with van der Waals surface area (Å²) in [6.45, 7) is 4.57. The summed E-state index contributed by atoms with van der Waals surface area (Å²) in [5, 5.41) is 16.1. The van der Waals surface area contributed by atoms with E-state index in [4.69, 9.17) is 10.8 Å². The van der Waals surface area contributed by atoms with Gasteiger partial charge < -0.3 is 20.1 Å². The van der Waals surface area contributed by atoms with Crippen molar-refractivity contribution >= 4 is 11.5 Å². The number of pyridine rings is 1.